The highest BCUT2D eigenvalue weighted by molar-refractivity contribution is 9.10. The smallest absolute Gasteiger partial charge is 0.243 e. The van der Waals surface area contributed by atoms with Crippen molar-refractivity contribution in [1.82, 2.24) is 19.2 Å². The fourth-order valence-electron chi connectivity index (χ4n) is 2.80. The maximum Gasteiger partial charge on any atom is 0.243 e. The van der Waals surface area contributed by atoms with Crippen molar-refractivity contribution in [2.75, 3.05) is 19.6 Å². The van der Waals surface area contributed by atoms with Crippen molar-refractivity contribution in [3.63, 3.8) is 0 Å². The molecular weight excluding hydrogens is 416 g/mol. The summed E-state index contributed by atoms with van der Waals surface area (Å²) in [6, 6.07) is 4.82. The molecule has 1 aromatic carbocycles. The molecule has 9 heteroatoms. The van der Waals surface area contributed by atoms with Gasteiger partial charge in [0.15, 0.2) is 0 Å². The summed E-state index contributed by atoms with van der Waals surface area (Å²) in [5.41, 5.74) is 0.898. The molecule has 0 bridgehead atoms. The van der Waals surface area contributed by atoms with E-state index in [4.69, 9.17) is 0 Å². The first-order chi connectivity index (χ1) is 10.9. The molecule has 0 radical (unpaired) electrons. The molecule has 24 heavy (non-hydrogen) atoms. The topological polar surface area (TPSA) is 67.2 Å². The van der Waals surface area contributed by atoms with E-state index < -0.39 is 10.0 Å². The summed E-state index contributed by atoms with van der Waals surface area (Å²) in [4.78, 5) is 4.66. The van der Waals surface area contributed by atoms with Gasteiger partial charge in [-0.15, -0.1) is 12.4 Å². The van der Waals surface area contributed by atoms with E-state index >= 15 is 0 Å². The van der Waals surface area contributed by atoms with E-state index in [1.54, 1.807) is 28.7 Å². The summed E-state index contributed by atoms with van der Waals surface area (Å²) in [5, 5.41) is 3.26. The summed E-state index contributed by atoms with van der Waals surface area (Å²) in [6.45, 7) is 3.50. The lowest BCUT2D eigenvalue weighted by molar-refractivity contribution is 0.258. The second kappa shape index (κ2) is 7.53. The number of aryl methyl sites for hydroxylation is 2. The molecule has 1 unspecified atom stereocenters. The van der Waals surface area contributed by atoms with Crippen LogP contribution in [0.4, 0.5) is 0 Å². The van der Waals surface area contributed by atoms with Crippen LogP contribution in [0.2, 0.25) is 0 Å². The SMILES string of the molecule is Cc1cc(S(=O)(=O)N2CCNCC2c2nccn2C)ccc1Br.Cl. The number of benzene rings is 1. The van der Waals surface area contributed by atoms with Crippen LogP contribution in [0.1, 0.15) is 17.4 Å². The molecule has 1 aliphatic heterocycles. The van der Waals surface area contributed by atoms with Gasteiger partial charge in [-0.05, 0) is 30.7 Å². The third-order valence-corrected chi connectivity index (χ3v) is 6.88. The van der Waals surface area contributed by atoms with E-state index in [0.717, 1.165) is 15.9 Å². The molecule has 1 saturated heterocycles. The van der Waals surface area contributed by atoms with E-state index in [9.17, 15) is 8.42 Å². The van der Waals surface area contributed by atoms with E-state index in [0.29, 0.717) is 24.5 Å². The minimum Gasteiger partial charge on any atom is -0.337 e. The minimum atomic E-state index is -3.57. The Kier molecular flexibility index (Phi) is 6.09. The fraction of sp³-hybridized carbons (Fsp3) is 0.400. The zero-order valence-electron chi connectivity index (χ0n) is 13.4. The normalized spacial score (nSPS) is 19.0. The average Bonchev–Trinajstić information content (AvgIpc) is 2.96. The lowest BCUT2D eigenvalue weighted by atomic mass is 10.2. The third kappa shape index (κ3) is 3.52. The van der Waals surface area contributed by atoms with Crippen LogP contribution >= 0.6 is 28.3 Å². The first-order valence-corrected chi connectivity index (χ1v) is 9.60. The molecular formula is C15H20BrClN4O2S. The van der Waals surface area contributed by atoms with Gasteiger partial charge in [0, 0.05) is 43.5 Å². The molecule has 2 heterocycles. The quantitative estimate of drug-likeness (QED) is 0.803. The van der Waals surface area contributed by atoms with Crippen LogP contribution < -0.4 is 5.32 Å². The summed E-state index contributed by atoms with van der Waals surface area (Å²) < 4.78 is 30.5. The Balaban J connectivity index is 0.00000208. The number of rotatable bonds is 3. The molecule has 0 spiro atoms. The highest BCUT2D eigenvalue weighted by Crippen LogP contribution is 2.29. The predicted octanol–water partition coefficient (Wildman–Crippen LogP) is 2.25. The Morgan fingerprint density at radius 1 is 1.38 bits per heavy atom. The Hall–Kier alpha value is -0.930. The second-order valence-electron chi connectivity index (χ2n) is 5.64. The van der Waals surface area contributed by atoms with Crippen LogP contribution in [0.15, 0.2) is 40.0 Å². The number of hydrogen-bond donors (Lipinski definition) is 1. The number of nitrogens with zero attached hydrogens (tertiary/aromatic N) is 3. The Morgan fingerprint density at radius 2 is 2.12 bits per heavy atom. The molecule has 6 nitrogen and oxygen atoms in total. The first-order valence-electron chi connectivity index (χ1n) is 7.37. The maximum absolute atomic E-state index is 13.1. The highest BCUT2D eigenvalue weighted by Gasteiger charge is 2.36. The number of imidazole rings is 1. The first kappa shape index (κ1) is 19.4. The standard InChI is InChI=1S/C15H19BrN4O2S.ClH/c1-11-9-12(3-4-13(11)16)23(21,22)20-8-5-17-10-14(20)15-18-6-7-19(15)2;/h3-4,6-7,9,14,17H,5,8,10H2,1-2H3;1H. The van der Waals surface area contributed by atoms with Crippen molar-refractivity contribution in [3.8, 4) is 0 Å². The largest absolute Gasteiger partial charge is 0.337 e. The zero-order chi connectivity index (χ0) is 16.6. The molecule has 0 saturated carbocycles. The van der Waals surface area contributed by atoms with Gasteiger partial charge in [0.05, 0.1) is 10.9 Å². The number of nitrogens with one attached hydrogen (secondary N) is 1. The average molecular weight is 436 g/mol. The number of hydrogen-bond acceptors (Lipinski definition) is 4. The number of sulfonamides is 1. The van der Waals surface area contributed by atoms with Gasteiger partial charge in [-0.2, -0.15) is 4.31 Å². The molecule has 1 atom stereocenters. The van der Waals surface area contributed by atoms with Crippen molar-refractivity contribution in [3.05, 3.63) is 46.5 Å². The second-order valence-corrected chi connectivity index (χ2v) is 8.39. The highest BCUT2D eigenvalue weighted by atomic mass is 79.9. The van der Waals surface area contributed by atoms with Crippen molar-refractivity contribution >= 4 is 38.4 Å². The number of halogens is 2. The molecule has 0 aliphatic carbocycles. The fourth-order valence-corrected chi connectivity index (χ4v) is 4.72. The molecule has 0 amide bonds. The van der Waals surface area contributed by atoms with Crippen LogP contribution in [0, 0.1) is 6.92 Å². The lowest BCUT2D eigenvalue weighted by Crippen LogP contribution is -2.49. The summed E-state index contributed by atoms with van der Waals surface area (Å²) >= 11 is 3.41. The maximum atomic E-state index is 13.1. The van der Waals surface area contributed by atoms with E-state index in [1.807, 2.05) is 24.7 Å². The van der Waals surface area contributed by atoms with Gasteiger partial charge in [-0.1, -0.05) is 15.9 Å². The van der Waals surface area contributed by atoms with Crippen molar-refractivity contribution in [2.24, 2.45) is 7.05 Å². The monoisotopic (exact) mass is 434 g/mol. The van der Waals surface area contributed by atoms with Crippen LogP contribution in [0.3, 0.4) is 0 Å². The predicted molar refractivity (Wildman–Crippen MR) is 98.8 cm³/mol. The van der Waals surface area contributed by atoms with Gasteiger partial charge in [0.25, 0.3) is 0 Å². The molecule has 132 valence electrons. The van der Waals surface area contributed by atoms with Gasteiger partial charge in [-0.25, -0.2) is 13.4 Å². The Morgan fingerprint density at radius 3 is 2.75 bits per heavy atom. The molecule has 1 aliphatic rings. The van der Waals surface area contributed by atoms with Crippen molar-refractivity contribution in [1.29, 1.82) is 0 Å². The number of aromatic nitrogens is 2. The van der Waals surface area contributed by atoms with Crippen LogP contribution in [-0.2, 0) is 17.1 Å². The molecule has 1 N–H and O–H groups in total. The number of piperazine rings is 1. The van der Waals surface area contributed by atoms with Crippen molar-refractivity contribution in [2.45, 2.75) is 17.9 Å². The van der Waals surface area contributed by atoms with E-state index in [-0.39, 0.29) is 18.4 Å². The van der Waals surface area contributed by atoms with E-state index in [1.165, 1.54) is 0 Å². The van der Waals surface area contributed by atoms with Crippen LogP contribution in [-0.4, -0.2) is 41.9 Å². The minimum absolute atomic E-state index is 0. The van der Waals surface area contributed by atoms with Crippen molar-refractivity contribution < 1.29 is 8.42 Å². The van der Waals surface area contributed by atoms with Gasteiger partial charge >= 0.3 is 0 Å². The summed E-state index contributed by atoms with van der Waals surface area (Å²) in [6.07, 6.45) is 3.52. The summed E-state index contributed by atoms with van der Waals surface area (Å²) in [5.74, 6) is 0.745. The third-order valence-electron chi connectivity index (χ3n) is 4.09. The Bertz CT molecular complexity index is 825. The molecule has 1 aromatic heterocycles. The Labute approximate surface area is 156 Å². The zero-order valence-corrected chi connectivity index (χ0v) is 16.7. The van der Waals surface area contributed by atoms with Crippen LogP contribution in [0.25, 0.3) is 0 Å². The molecule has 3 rings (SSSR count). The molecule has 1 fully saturated rings. The molecule has 2 aromatic rings. The summed E-state index contributed by atoms with van der Waals surface area (Å²) in [7, 11) is -1.69. The van der Waals surface area contributed by atoms with E-state index in [2.05, 4.69) is 26.2 Å². The van der Waals surface area contributed by atoms with Gasteiger partial charge in [0.2, 0.25) is 10.0 Å². The van der Waals surface area contributed by atoms with Gasteiger partial charge < -0.3 is 9.88 Å². The van der Waals surface area contributed by atoms with Gasteiger partial charge in [-0.3, -0.25) is 0 Å². The van der Waals surface area contributed by atoms with Gasteiger partial charge in [0.1, 0.15) is 5.82 Å². The van der Waals surface area contributed by atoms with Crippen LogP contribution in [0.5, 0.6) is 0 Å². The lowest BCUT2D eigenvalue weighted by Gasteiger charge is -2.34.